The summed E-state index contributed by atoms with van der Waals surface area (Å²) in [6.07, 6.45) is 1.25. The average molecular weight is 434 g/mol. The van der Waals surface area contributed by atoms with Crippen molar-refractivity contribution in [2.75, 3.05) is 13.1 Å². The smallest absolute Gasteiger partial charge is 0.209 e. The van der Waals surface area contributed by atoms with E-state index in [-0.39, 0.29) is 11.3 Å². The van der Waals surface area contributed by atoms with Gasteiger partial charge >= 0.3 is 0 Å². The molecule has 5 rings (SSSR count). The van der Waals surface area contributed by atoms with Crippen molar-refractivity contribution in [3.8, 4) is 17.2 Å². The van der Waals surface area contributed by atoms with Crippen LogP contribution < -0.4 is 4.74 Å². The van der Waals surface area contributed by atoms with Gasteiger partial charge in [-0.1, -0.05) is 24.3 Å². The first-order valence-electron chi connectivity index (χ1n) is 10.1. The van der Waals surface area contributed by atoms with Crippen LogP contribution in [0.4, 0.5) is 4.39 Å². The van der Waals surface area contributed by atoms with Crippen LogP contribution in [0.1, 0.15) is 27.2 Å². The van der Waals surface area contributed by atoms with Crippen molar-refractivity contribution in [3.63, 3.8) is 0 Å². The Hall–Kier alpha value is -3.22. The van der Waals surface area contributed by atoms with Gasteiger partial charge in [-0.2, -0.15) is 0 Å². The lowest BCUT2D eigenvalue weighted by Crippen LogP contribution is -2.36. The number of nitrogens with zero attached hydrogens (tertiary/aromatic N) is 1. The summed E-state index contributed by atoms with van der Waals surface area (Å²) in [7, 11) is 0. The van der Waals surface area contributed by atoms with Crippen LogP contribution in [0.3, 0.4) is 0 Å². The topological polar surface area (TPSA) is 49.8 Å². The Labute approximate surface area is 183 Å². The van der Waals surface area contributed by atoms with Crippen molar-refractivity contribution in [1.82, 2.24) is 4.90 Å². The molecule has 3 aromatic carbocycles. The molecular weight excluding hydrogens is 413 g/mol. The van der Waals surface area contributed by atoms with Crippen LogP contribution in [0.2, 0.25) is 0 Å². The highest BCUT2D eigenvalue weighted by atomic mass is 32.1. The third kappa shape index (κ3) is 3.92. The van der Waals surface area contributed by atoms with E-state index < -0.39 is 11.6 Å². The molecule has 0 radical (unpaired) electrons. The van der Waals surface area contributed by atoms with Crippen molar-refractivity contribution in [2.24, 2.45) is 0 Å². The van der Waals surface area contributed by atoms with Crippen LogP contribution in [0.5, 0.6) is 17.2 Å². The molecule has 1 aliphatic heterocycles. The van der Waals surface area contributed by atoms with E-state index in [9.17, 15) is 14.3 Å². The molecule has 0 unspecified atom stereocenters. The molecule has 1 N–H and O–H groups in total. The van der Waals surface area contributed by atoms with Crippen LogP contribution in [0.25, 0.3) is 10.1 Å². The van der Waals surface area contributed by atoms with Crippen molar-refractivity contribution in [1.29, 1.82) is 0 Å². The molecule has 0 saturated carbocycles. The quantitative estimate of drug-likeness (QED) is 0.380. The number of aromatic hydroxyl groups is 1. The number of carbonyl (C=O) groups is 1. The molecule has 156 valence electrons. The van der Waals surface area contributed by atoms with Gasteiger partial charge in [-0.05, 0) is 67.5 Å². The molecule has 31 heavy (non-hydrogen) atoms. The van der Waals surface area contributed by atoms with Crippen LogP contribution in [0.15, 0.2) is 66.7 Å². The van der Waals surface area contributed by atoms with Crippen LogP contribution >= 0.6 is 11.3 Å². The number of phenolic OH excluding ortho intramolecular Hbond substituents is 1. The third-order valence-electron chi connectivity index (χ3n) is 5.45. The first-order chi connectivity index (χ1) is 15.1. The molecule has 0 atom stereocenters. The average Bonchev–Trinajstić information content (AvgIpc) is 3.09. The monoisotopic (exact) mass is 433 g/mol. The van der Waals surface area contributed by atoms with Gasteiger partial charge < -0.3 is 9.84 Å². The van der Waals surface area contributed by atoms with E-state index in [2.05, 4.69) is 4.90 Å². The fourth-order valence-electron chi connectivity index (χ4n) is 3.66. The Balaban J connectivity index is 1.51. The Morgan fingerprint density at radius 3 is 2.55 bits per heavy atom. The summed E-state index contributed by atoms with van der Waals surface area (Å²) in [5.74, 6) is 0.0595. The number of ketones is 1. The molecule has 1 fully saturated rings. The van der Waals surface area contributed by atoms with Gasteiger partial charge in [0.2, 0.25) is 5.78 Å². The molecule has 0 bridgehead atoms. The van der Waals surface area contributed by atoms with Crippen molar-refractivity contribution < 1.29 is 19.0 Å². The Kier molecular flexibility index (Phi) is 5.18. The Bertz CT molecular complexity index is 1260. The standard InChI is InChI=1S/C25H20FNO3S/c26-21-5-2-1-4-19(21)23(29)25-24(20-11-8-17(28)14-22(20)31-25)30-18-9-6-16(7-10-18)15-27-12-3-13-27/h1-2,4-11,14,28H,3,12-13,15H2. The lowest BCUT2D eigenvalue weighted by atomic mass is 10.1. The van der Waals surface area contributed by atoms with E-state index in [0.29, 0.717) is 26.5 Å². The van der Waals surface area contributed by atoms with Crippen molar-refractivity contribution in [2.45, 2.75) is 13.0 Å². The SMILES string of the molecule is O=C(c1ccccc1F)c1sc2cc(O)ccc2c1Oc1ccc(CN2CCC2)cc1. The number of hydrogen-bond acceptors (Lipinski definition) is 5. The number of hydrogen-bond donors (Lipinski definition) is 1. The fraction of sp³-hybridized carbons (Fsp3) is 0.160. The minimum atomic E-state index is -0.575. The van der Waals surface area contributed by atoms with E-state index in [1.54, 1.807) is 30.3 Å². The molecule has 1 aromatic heterocycles. The summed E-state index contributed by atoms with van der Waals surface area (Å²) in [6, 6.07) is 18.6. The number of phenols is 1. The lowest BCUT2D eigenvalue weighted by molar-refractivity contribution is 0.103. The minimum Gasteiger partial charge on any atom is -0.508 e. The molecule has 1 aliphatic rings. The second-order valence-electron chi connectivity index (χ2n) is 7.63. The number of ether oxygens (including phenoxy) is 1. The zero-order valence-electron chi connectivity index (χ0n) is 16.7. The van der Waals surface area contributed by atoms with Gasteiger partial charge in [0.1, 0.15) is 22.2 Å². The Morgan fingerprint density at radius 2 is 1.84 bits per heavy atom. The van der Waals surface area contributed by atoms with E-state index in [1.807, 2.05) is 24.3 Å². The largest absolute Gasteiger partial charge is 0.508 e. The van der Waals surface area contributed by atoms with Gasteiger partial charge in [0.25, 0.3) is 0 Å². The maximum absolute atomic E-state index is 14.3. The normalized spacial score (nSPS) is 13.8. The molecule has 4 aromatic rings. The number of halogens is 1. The number of likely N-dealkylation sites (tertiary alicyclic amines) is 1. The van der Waals surface area contributed by atoms with E-state index >= 15 is 0 Å². The molecule has 0 aliphatic carbocycles. The van der Waals surface area contributed by atoms with Crippen LogP contribution in [-0.2, 0) is 6.54 Å². The first kappa shape index (κ1) is 19.7. The second kappa shape index (κ2) is 8.13. The van der Waals surface area contributed by atoms with Gasteiger partial charge in [-0.3, -0.25) is 9.69 Å². The molecule has 4 nitrogen and oxygen atoms in total. The summed E-state index contributed by atoms with van der Waals surface area (Å²) >= 11 is 1.18. The van der Waals surface area contributed by atoms with Crippen LogP contribution in [0, 0.1) is 5.82 Å². The van der Waals surface area contributed by atoms with Gasteiger partial charge in [-0.25, -0.2) is 4.39 Å². The molecule has 6 heteroatoms. The van der Waals surface area contributed by atoms with E-state index in [4.69, 9.17) is 4.74 Å². The summed E-state index contributed by atoms with van der Waals surface area (Å²) in [4.78, 5) is 15.8. The number of carbonyl (C=O) groups excluding carboxylic acids is 1. The number of rotatable bonds is 6. The predicted molar refractivity (Wildman–Crippen MR) is 120 cm³/mol. The first-order valence-corrected chi connectivity index (χ1v) is 10.9. The molecular formula is C25H20FNO3S. The zero-order valence-corrected chi connectivity index (χ0v) is 17.5. The summed E-state index contributed by atoms with van der Waals surface area (Å²) < 4.78 is 21.1. The highest BCUT2D eigenvalue weighted by molar-refractivity contribution is 7.21. The maximum atomic E-state index is 14.3. The summed E-state index contributed by atoms with van der Waals surface area (Å²) in [6.45, 7) is 3.18. The zero-order chi connectivity index (χ0) is 21.4. The molecule has 0 amide bonds. The minimum absolute atomic E-state index is 0.00646. The lowest BCUT2D eigenvalue weighted by Gasteiger charge is -2.30. The van der Waals surface area contributed by atoms with Crippen LogP contribution in [-0.4, -0.2) is 28.9 Å². The number of thiophene rings is 1. The van der Waals surface area contributed by atoms with Crippen molar-refractivity contribution >= 4 is 27.2 Å². The van der Waals surface area contributed by atoms with E-state index in [0.717, 1.165) is 19.6 Å². The van der Waals surface area contributed by atoms with Gasteiger partial charge in [0.15, 0.2) is 5.75 Å². The third-order valence-corrected chi connectivity index (χ3v) is 6.58. The summed E-state index contributed by atoms with van der Waals surface area (Å²) in [5, 5.41) is 10.6. The molecule has 1 saturated heterocycles. The van der Waals surface area contributed by atoms with Crippen molar-refractivity contribution in [3.05, 3.63) is 88.6 Å². The Morgan fingerprint density at radius 1 is 1.06 bits per heavy atom. The predicted octanol–water partition coefficient (Wildman–Crippen LogP) is 5.98. The highest BCUT2D eigenvalue weighted by Gasteiger charge is 2.24. The highest BCUT2D eigenvalue weighted by Crippen LogP contribution is 2.42. The van der Waals surface area contributed by atoms with Gasteiger partial charge in [0.05, 0.1) is 5.56 Å². The maximum Gasteiger partial charge on any atom is 0.209 e. The van der Waals surface area contributed by atoms with Gasteiger partial charge in [-0.15, -0.1) is 11.3 Å². The number of fused-ring (bicyclic) bond motifs is 1. The summed E-state index contributed by atoms with van der Waals surface area (Å²) in [5.41, 5.74) is 1.20. The molecule has 2 heterocycles. The van der Waals surface area contributed by atoms with Gasteiger partial charge in [0, 0.05) is 16.6 Å². The second-order valence-corrected chi connectivity index (χ2v) is 8.68. The fourth-order valence-corrected chi connectivity index (χ4v) is 4.78. The molecule has 0 spiro atoms. The van der Waals surface area contributed by atoms with E-state index in [1.165, 1.54) is 35.5 Å². The number of benzene rings is 3.